The zero-order valence-electron chi connectivity index (χ0n) is 14.4. The van der Waals surface area contributed by atoms with Crippen LogP contribution in [0.3, 0.4) is 0 Å². The van der Waals surface area contributed by atoms with Gasteiger partial charge in [-0.3, -0.25) is 14.7 Å². The van der Waals surface area contributed by atoms with Gasteiger partial charge in [-0.1, -0.05) is 0 Å². The largest absolute Gasteiger partial charge is 0.369 e. The molecule has 1 unspecified atom stereocenters. The van der Waals surface area contributed by atoms with Crippen LogP contribution in [0.1, 0.15) is 52.4 Å². The van der Waals surface area contributed by atoms with Gasteiger partial charge in [0.15, 0.2) is 5.82 Å². The minimum absolute atomic E-state index is 0.107. The number of rotatable bonds is 3. The highest BCUT2D eigenvalue weighted by Crippen LogP contribution is 2.41. The van der Waals surface area contributed by atoms with Gasteiger partial charge in [0.25, 0.3) is 5.91 Å². The highest BCUT2D eigenvalue weighted by molar-refractivity contribution is 6.00. The Morgan fingerprint density at radius 2 is 2.08 bits per heavy atom. The maximum absolute atomic E-state index is 14.8. The second-order valence-electron chi connectivity index (χ2n) is 6.88. The Labute approximate surface area is 149 Å². The third-order valence-electron chi connectivity index (χ3n) is 5.20. The standard InChI is InChI=1S/C18H20FN5O2/c1-9-6-13(24-4-2-3-5-24)12(19)7-10(9)11-8-14(25)21-18-15(11)16(17(20)26)22-23-18/h6-7,11H,2-5,8H2,1H3,(H2,20,26)(H2,21,22,23,25). The number of carbonyl (C=O) groups is 2. The molecule has 1 fully saturated rings. The number of anilines is 2. The van der Waals surface area contributed by atoms with Crippen molar-refractivity contribution >= 4 is 23.3 Å². The highest BCUT2D eigenvalue weighted by Gasteiger charge is 2.34. The molecular formula is C18H20FN5O2. The summed E-state index contributed by atoms with van der Waals surface area (Å²) in [6.07, 6.45) is 2.23. The Hall–Kier alpha value is -2.90. The molecular weight excluding hydrogens is 337 g/mol. The Kier molecular flexibility index (Phi) is 3.90. The van der Waals surface area contributed by atoms with Gasteiger partial charge in [0.05, 0.1) is 5.69 Å². The lowest BCUT2D eigenvalue weighted by Gasteiger charge is -2.26. The molecule has 136 valence electrons. The van der Waals surface area contributed by atoms with Crippen molar-refractivity contribution in [2.75, 3.05) is 23.3 Å². The number of nitrogens with two attached hydrogens (primary N) is 1. The summed E-state index contributed by atoms with van der Waals surface area (Å²) < 4.78 is 14.8. The van der Waals surface area contributed by atoms with E-state index in [9.17, 15) is 14.0 Å². The smallest absolute Gasteiger partial charge is 0.267 e. The van der Waals surface area contributed by atoms with Crippen LogP contribution in [-0.4, -0.2) is 35.1 Å². The van der Waals surface area contributed by atoms with Crippen molar-refractivity contribution < 1.29 is 14.0 Å². The van der Waals surface area contributed by atoms with Gasteiger partial charge in [0.2, 0.25) is 5.91 Å². The van der Waals surface area contributed by atoms with Crippen molar-refractivity contribution in [1.82, 2.24) is 10.2 Å². The highest BCUT2D eigenvalue weighted by atomic mass is 19.1. The molecule has 7 nitrogen and oxygen atoms in total. The quantitative estimate of drug-likeness (QED) is 0.782. The van der Waals surface area contributed by atoms with Gasteiger partial charge in [-0.05, 0) is 43.0 Å². The molecule has 0 radical (unpaired) electrons. The van der Waals surface area contributed by atoms with E-state index in [2.05, 4.69) is 15.5 Å². The van der Waals surface area contributed by atoms with E-state index < -0.39 is 11.8 Å². The minimum Gasteiger partial charge on any atom is -0.369 e. The Balaban J connectivity index is 1.81. The van der Waals surface area contributed by atoms with Crippen LogP contribution in [0.2, 0.25) is 0 Å². The maximum atomic E-state index is 14.8. The number of benzene rings is 1. The van der Waals surface area contributed by atoms with E-state index in [0.29, 0.717) is 16.8 Å². The first-order chi connectivity index (χ1) is 12.5. The van der Waals surface area contributed by atoms with Crippen molar-refractivity contribution in [3.8, 4) is 0 Å². The van der Waals surface area contributed by atoms with E-state index in [4.69, 9.17) is 5.73 Å². The van der Waals surface area contributed by atoms with Gasteiger partial charge >= 0.3 is 0 Å². The number of amides is 2. The number of nitrogens with one attached hydrogen (secondary N) is 2. The van der Waals surface area contributed by atoms with E-state index >= 15 is 0 Å². The maximum Gasteiger partial charge on any atom is 0.267 e. The van der Waals surface area contributed by atoms with E-state index in [1.54, 1.807) is 0 Å². The summed E-state index contributed by atoms with van der Waals surface area (Å²) in [4.78, 5) is 25.8. The molecule has 2 aliphatic heterocycles. The lowest BCUT2D eigenvalue weighted by Crippen LogP contribution is -2.26. The first-order valence-corrected chi connectivity index (χ1v) is 8.68. The van der Waals surface area contributed by atoms with Crippen molar-refractivity contribution in [3.63, 3.8) is 0 Å². The number of halogens is 1. The average molecular weight is 357 g/mol. The number of aryl methyl sites for hydroxylation is 1. The van der Waals surface area contributed by atoms with Crippen molar-refractivity contribution in [1.29, 1.82) is 0 Å². The number of aromatic nitrogens is 2. The zero-order valence-corrected chi connectivity index (χ0v) is 14.4. The fourth-order valence-corrected chi connectivity index (χ4v) is 3.97. The Bertz CT molecular complexity index is 901. The lowest BCUT2D eigenvalue weighted by molar-refractivity contribution is -0.116. The van der Waals surface area contributed by atoms with Gasteiger partial charge in [-0.25, -0.2) is 4.39 Å². The molecule has 0 saturated carbocycles. The van der Waals surface area contributed by atoms with Gasteiger partial charge in [0, 0.05) is 31.0 Å². The van der Waals surface area contributed by atoms with E-state index in [1.807, 2.05) is 17.9 Å². The average Bonchev–Trinajstić information content (AvgIpc) is 3.25. The fraction of sp³-hybridized carbons (Fsp3) is 0.389. The summed E-state index contributed by atoms with van der Waals surface area (Å²) in [6, 6.07) is 3.31. The molecule has 8 heteroatoms. The minimum atomic E-state index is -0.660. The van der Waals surface area contributed by atoms with Crippen molar-refractivity contribution in [3.05, 3.63) is 40.3 Å². The molecule has 0 bridgehead atoms. The normalized spacial score (nSPS) is 19.4. The molecule has 0 aliphatic carbocycles. The number of carbonyl (C=O) groups excluding carboxylic acids is 2. The molecule has 2 amide bonds. The van der Waals surface area contributed by atoms with Crippen LogP contribution in [0.15, 0.2) is 12.1 Å². The van der Waals surface area contributed by atoms with Crippen LogP contribution >= 0.6 is 0 Å². The fourth-order valence-electron chi connectivity index (χ4n) is 3.97. The third kappa shape index (κ3) is 2.61. The molecule has 2 aliphatic rings. The second-order valence-corrected chi connectivity index (χ2v) is 6.88. The molecule has 1 aromatic heterocycles. The summed E-state index contributed by atoms with van der Waals surface area (Å²) in [5, 5.41) is 9.20. The van der Waals surface area contributed by atoms with Crippen LogP contribution in [0, 0.1) is 12.7 Å². The number of hydrogen-bond acceptors (Lipinski definition) is 4. The monoisotopic (exact) mass is 357 g/mol. The molecule has 1 atom stereocenters. The molecule has 1 saturated heterocycles. The first kappa shape index (κ1) is 16.6. The predicted molar refractivity (Wildman–Crippen MR) is 94.8 cm³/mol. The number of aromatic amines is 1. The molecule has 4 rings (SSSR count). The Morgan fingerprint density at radius 3 is 2.77 bits per heavy atom. The number of nitrogens with zero attached hydrogens (tertiary/aromatic N) is 2. The predicted octanol–water partition coefficient (Wildman–Crippen LogP) is 2.03. The SMILES string of the molecule is Cc1cc(N2CCCC2)c(F)cc1C1CC(=O)Nc2n[nH]c(C(N)=O)c21. The molecule has 4 N–H and O–H groups in total. The summed E-state index contributed by atoms with van der Waals surface area (Å²) in [7, 11) is 0. The van der Waals surface area contributed by atoms with Crippen LogP contribution in [0.25, 0.3) is 0 Å². The first-order valence-electron chi connectivity index (χ1n) is 8.68. The van der Waals surface area contributed by atoms with Crippen LogP contribution < -0.4 is 16.0 Å². The molecule has 26 heavy (non-hydrogen) atoms. The lowest BCUT2D eigenvalue weighted by atomic mass is 9.83. The summed E-state index contributed by atoms with van der Waals surface area (Å²) in [5.74, 6) is -1.39. The molecule has 0 spiro atoms. The number of primary amides is 1. The van der Waals surface area contributed by atoms with E-state index in [1.165, 1.54) is 6.07 Å². The number of hydrogen-bond donors (Lipinski definition) is 3. The number of fused-ring (bicyclic) bond motifs is 1. The molecule has 3 heterocycles. The molecule has 2 aromatic rings. The topological polar surface area (TPSA) is 104 Å². The van der Waals surface area contributed by atoms with E-state index in [-0.39, 0.29) is 29.7 Å². The van der Waals surface area contributed by atoms with Crippen molar-refractivity contribution in [2.45, 2.75) is 32.1 Å². The van der Waals surface area contributed by atoms with Crippen molar-refractivity contribution in [2.24, 2.45) is 5.73 Å². The van der Waals surface area contributed by atoms with Crippen LogP contribution in [-0.2, 0) is 4.79 Å². The van der Waals surface area contributed by atoms with Crippen LogP contribution in [0.5, 0.6) is 0 Å². The summed E-state index contributed by atoms with van der Waals surface area (Å²) in [5.41, 5.74) is 8.23. The van der Waals surface area contributed by atoms with E-state index in [0.717, 1.165) is 31.5 Å². The second kappa shape index (κ2) is 6.12. The van der Waals surface area contributed by atoms with Gasteiger partial charge < -0.3 is 16.0 Å². The molecule has 1 aromatic carbocycles. The van der Waals surface area contributed by atoms with Gasteiger partial charge in [-0.2, -0.15) is 5.10 Å². The van der Waals surface area contributed by atoms with Gasteiger partial charge in [-0.15, -0.1) is 0 Å². The Morgan fingerprint density at radius 1 is 1.35 bits per heavy atom. The van der Waals surface area contributed by atoms with Gasteiger partial charge in [0.1, 0.15) is 11.5 Å². The summed E-state index contributed by atoms with van der Waals surface area (Å²) >= 11 is 0. The van der Waals surface area contributed by atoms with Crippen LogP contribution in [0.4, 0.5) is 15.9 Å². The number of H-pyrrole nitrogens is 1. The zero-order chi connectivity index (χ0) is 18.4. The summed E-state index contributed by atoms with van der Waals surface area (Å²) in [6.45, 7) is 3.59. The third-order valence-corrected chi connectivity index (χ3v) is 5.20.